The van der Waals surface area contributed by atoms with Crippen LogP contribution < -0.4 is 5.32 Å². The molecule has 1 amide bonds. The Bertz CT molecular complexity index is 680. The predicted octanol–water partition coefficient (Wildman–Crippen LogP) is 2.23. The number of nitrogens with zero attached hydrogens (tertiary/aromatic N) is 1. The number of nitrogens with one attached hydrogen (secondary N) is 1. The number of amides is 1. The van der Waals surface area contributed by atoms with Gasteiger partial charge in [0.2, 0.25) is 5.91 Å². The van der Waals surface area contributed by atoms with Gasteiger partial charge in [-0.05, 0) is 6.07 Å². The number of benzene rings is 2. The van der Waals surface area contributed by atoms with E-state index in [1.807, 2.05) is 54.6 Å². The van der Waals surface area contributed by atoms with Crippen molar-refractivity contribution in [2.45, 2.75) is 12.5 Å². The van der Waals surface area contributed by atoms with E-state index >= 15 is 0 Å². The molecule has 106 valence electrons. The van der Waals surface area contributed by atoms with Gasteiger partial charge in [0.25, 0.3) is 0 Å². The molecule has 0 aliphatic carbocycles. The second-order valence-corrected chi connectivity index (χ2v) is 4.91. The van der Waals surface area contributed by atoms with Crippen molar-refractivity contribution in [2.24, 2.45) is 4.99 Å². The van der Waals surface area contributed by atoms with E-state index in [1.54, 1.807) is 0 Å². The summed E-state index contributed by atoms with van der Waals surface area (Å²) in [7, 11) is 0. The normalized spacial score (nSPS) is 17.5. The molecule has 0 bridgehead atoms. The van der Waals surface area contributed by atoms with Crippen molar-refractivity contribution in [3.8, 4) is 0 Å². The van der Waals surface area contributed by atoms with Crippen LogP contribution in [0.3, 0.4) is 0 Å². The van der Waals surface area contributed by atoms with E-state index < -0.39 is 6.04 Å². The second kappa shape index (κ2) is 5.89. The lowest BCUT2D eigenvalue weighted by Crippen LogP contribution is -2.26. The molecule has 0 saturated carbocycles. The Morgan fingerprint density at radius 2 is 1.76 bits per heavy atom. The second-order valence-electron chi connectivity index (χ2n) is 4.91. The first-order valence-electron chi connectivity index (χ1n) is 6.94. The molecule has 0 spiro atoms. The van der Waals surface area contributed by atoms with Crippen LogP contribution in [-0.2, 0) is 4.79 Å². The Labute approximate surface area is 123 Å². The van der Waals surface area contributed by atoms with Gasteiger partial charge >= 0.3 is 0 Å². The number of benzodiazepines with no additional fused rings is 1. The highest BCUT2D eigenvalue weighted by molar-refractivity contribution is 6.19. The fourth-order valence-electron chi connectivity index (χ4n) is 2.44. The number of aliphatic hydroxyl groups excluding tert-OH is 1. The summed E-state index contributed by atoms with van der Waals surface area (Å²) in [4.78, 5) is 16.8. The molecule has 1 aliphatic rings. The van der Waals surface area contributed by atoms with E-state index in [4.69, 9.17) is 5.11 Å². The third-order valence-electron chi connectivity index (χ3n) is 3.48. The Morgan fingerprint density at radius 1 is 1.05 bits per heavy atom. The zero-order chi connectivity index (χ0) is 14.7. The monoisotopic (exact) mass is 280 g/mol. The van der Waals surface area contributed by atoms with Crippen molar-refractivity contribution in [3.05, 3.63) is 65.7 Å². The Hall–Kier alpha value is -2.46. The number of carbonyl (C=O) groups excluding carboxylic acids is 1. The van der Waals surface area contributed by atoms with Crippen LogP contribution in [0.5, 0.6) is 0 Å². The number of anilines is 1. The van der Waals surface area contributed by atoms with Gasteiger partial charge in [-0.3, -0.25) is 9.79 Å². The molecule has 4 heteroatoms. The van der Waals surface area contributed by atoms with E-state index in [1.165, 1.54) is 0 Å². The third kappa shape index (κ3) is 2.71. The zero-order valence-electron chi connectivity index (χ0n) is 11.5. The first-order chi connectivity index (χ1) is 10.3. The minimum Gasteiger partial charge on any atom is -0.396 e. The lowest BCUT2D eigenvalue weighted by Gasteiger charge is -2.09. The summed E-state index contributed by atoms with van der Waals surface area (Å²) in [6.45, 7) is -0.0694. The molecule has 0 radical (unpaired) electrons. The van der Waals surface area contributed by atoms with E-state index in [0.29, 0.717) is 6.42 Å². The van der Waals surface area contributed by atoms with Crippen LogP contribution in [0.15, 0.2) is 59.6 Å². The molecular formula is C17H16N2O2. The molecule has 1 atom stereocenters. The van der Waals surface area contributed by atoms with Gasteiger partial charge in [-0.2, -0.15) is 0 Å². The van der Waals surface area contributed by atoms with Gasteiger partial charge in [-0.1, -0.05) is 48.5 Å². The van der Waals surface area contributed by atoms with Crippen molar-refractivity contribution in [2.75, 3.05) is 11.9 Å². The minimum absolute atomic E-state index is 0.0694. The first-order valence-corrected chi connectivity index (χ1v) is 6.94. The molecule has 3 rings (SSSR count). The molecule has 1 unspecified atom stereocenters. The Kier molecular flexibility index (Phi) is 3.79. The van der Waals surface area contributed by atoms with Crippen LogP contribution in [0, 0.1) is 0 Å². The van der Waals surface area contributed by atoms with Crippen LogP contribution in [0.25, 0.3) is 0 Å². The molecule has 0 aromatic heterocycles. The number of fused-ring (bicyclic) bond motifs is 1. The fourth-order valence-corrected chi connectivity index (χ4v) is 2.44. The van der Waals surface area contributed by atoms with Crippen molar-refractivity contribution >= 4 is 17.3 Å². The summed E-state index contributed by atoms with van der Waals surface area (Å²) in [5.74, 6) is -0.178. The van der Waals surface area contributed by atoms with Crippen LogP contribution in [0.1, 0.15) is 17.5 Å². The zero-order valence-corrected chi connectivity index (χ0v) is 11.5. The summed E-state index contributed by atoms with van der Waals surface area (Å²) < 4.78 is 0. The van der Waals surface area contributed by atoms with E-state index in [9.17, 15) is 4.79 Å². The van der Waals surface area contributed by atoms with Crippen molar-refractivity contribution in [1.82, 2.24) is 0 Å². The topological polar surface area (TPSA) is 61.7 Å². The SMILES string of the molecule is O=C1Nc2ccccc2C(c2ccccc2)=NC1CCO. The summed E-state index contributed by atoms with van der Waals surface area (Å²) in [6, 6.07) is 16.8. The van der Waals surface area contributed by atoms with Crippen molar-refractivity contribution < 1.29 is 9.90 Å². The standard InChI is InChI=1S/C17H16N2O2/c20-11-10-15-17(21)19-14-9-5-4-8-13(14)16(18-15)12-6-2-1-3-7-12/h1-9,15,20H,10-11H2,(H,19,21). The molecule has 2 aromatic rings. The van der Waals surface area contributed by atoms with Crippen molar-refractivity contribution in [3.63, 3.8) is 0 Å². The number of aliphatic imine (C=N–C) groups is 1. The highest BCUT2D eigenvalue weighted by atomic mass is 16.3. The van der Waals surface area contributed by atoms with Gasteiger partial charge < -0.3 is 10.4 Å². The molecule has 4 nitrogen and oxygen atoms in total. The number of hydrogen-bond donors (Lipinski definition) is 2. The summed E-state index contributed by atoms with van der Waals surface area (Å²) in [5.41, 5.74) is 3.40. The average molecular weight is 280 g/mol. The summed E-state index contributed by atoms with van der Waals surface area (Å²) >= 11 is 0. The lowest BCUT2D eigenvalue weighted by atomic mass is 10.0. The smallest absolute Gasteiger partial charge is 0.249 e. The quantitative estimate of drug-likeness (QED) is 0.905. The van der Waals surface area contributed by atoms with Crippen molar-refractivity contribution in [1.29, 1.82) is 0 Å². The predicted molar refractivity (Wildman–Crippen MR) is 82.6 cm³/mol. The largest absolute Gasteiger partial charge is 0.396 e. The number of hydrogen-bond acceptors (Lipinski definition) is 3. The van der Waals surface area contributed by atoms with Gasteiger partial charge in [-0.15, -0.1) is 0 Å². The average Bonchev–Trinajstić information content (AvgIpc) is 2.66. The highest BCUT2D eigenvalue weighted by Gasteiger charge is 2.24. The highest BCUT2D eigenvalue weighted by Crippen LogP contribution is 2.24. The van der Waals surface area contributed by atoms with Gasteiger partial charge in [0, 0.05) is 24.2 Å². The molecule has 1 heterocycles. The molecule has 1 aliphatic heterocycles. The number of carbonyl (C=O) groups is 1. The number of rotatable bonds is 3. The summed E-state index contributed by atoms with van der Waals surface area (Å²) in [5, 5.41) is 12.0. The Balaban J connectivity index is 2.15. The van der Waals surface area contributed by atoms with Crippen LogP contribution >= 0.6 is 0 Å². The number of aliphatic hydroxyl groups is 1. The van der Waals surface area contributed by atoms with Crippen LogP contribution in [-0.4, -0.2) is 29.4 Å². The number of para-hydroxylation sites is 1. The van der Waals surface area contributed by atoms with E-state index in [0.717, 1.165) is 22.5 Å². The molecule has 0 saturated heterocycles. The molecule has 0 fully saturated rings. The van der Waals surface area contributed by atoms with E-state index in [-0.39, 0.29) is 12.5 Å². The fraction of sp³-hybridized carbons (Fsp3) is 0.176. The minimum atomic E-state index is -0.572. The van der Waals surface area contributed by atoms with Crippen LogP contribution in [0.4, 0.5) is 5.69 Å². The van der Waals surface area contributed by atoms with Crippen LogP contribution in [0.2, 0.25) is 0 Å². The maximum Gasteiger partial charge on any atom is 0.249 e. The molecule has 2 N–H and O–H groups in total. The van der Waals surface area contributed by atoms with Gasteiger partial charge in [0.15, 0.2) is 0 Å². The maximum absolute atomic E-state index is 12.2. The molecule has 21 heavy (non-hydrogen) atoms. The third-order valence-corrected chi connectivity index (χ3v) is 3.48. The van der Waals surface area contributed by atoms with Gasteiger partial charge in [0.1, 0.15) is 6.04 Å². The Morgan fingerprint density at radius 3 is 2.52 bits per heavy atom. The van der Waals surface area contributed by atoms with Gasteiger partial charge in [-0.25, -0.2) is 0 Å². The molecule has 2 aromatic carbocycles. The maximum atomic E-state index is 12.2. The van der Waals surface area contributed by atoms with Gasteiger partial charge in [0.05, 0.1) is 11.4 Å². The first kappa shape index (κ1) is 13.5. The molecular weight excluding hydrogens is 264 g/mol. The lowest BCUT2D eigenvalue weighted by molar-refractivity contribution is -0.117. The van der Waals surface area contributed by atoms with E-state index in [2.05, 4.69) is 10.3 Å². The summed E-state index contributed by atoms with van der Waals surface area (Å²) in [6.07, 6.45) is 0.316.